The molecular formula is C20H21NO4S3. The predicted octanol–water partition coefficient (Wildman–Crippen LogP) is 4.94. The van der Waals surface area contributed by atoms with Crippen LogP contribution in [0.4, 0.5) is 0 Å². The fraction of sp³-hybridized carbons (Fsp3) is 0.350. The summed E-state index contributed by atoms with van der Waals surface area (Å²) in [6.45, 7) is 6.43. The van der Waals surface area contributed by atoms with Gasteiger partial charge in [-0.1, -0.05) is 56.8 Å². The smallest absolute Gasteiger partial charge is 0.345 e. The number of methoxy groups -OCH3 is 2. The highest BCUT2D eigenvalue weighted by molar-refractivity contribution is 8.04. The van der Waals surface area contributed by atoms with Gasteiger partial charge in [0, 0.05) is 0 Å². The molecule has 1 aliphatic rings. The maximum absolute atomic E-state index is 12.7. The van der Waals surface area contributed by atoms with Gasteiger partial charge >= 0.3 is 11.9 Å². The van der Waals surface area contributed by atoms with Crippen LogP contribution in [0.25, 0.3) is 0 Å². The molecule has 1 aliphatic heterocycles. The average Bonchev–Trinajstić information content (AvgIpc) is 3.04. The van der Waals surface area contributed by atoms with E-state index >= 15 is 0 Å². The van der Waals surface area contributed by atoms with Gasteiger partial charge in [0.05, 0.1) is 35.6 Å². The van der Waals surface area contributed by atoms with Crippen molar-refractivity contribution >= 4 is 47.3 Å². The topological polar surface area (TPSA) is 68.4 Å². The third-order valence-electron chi connectivity index (χ3n) is 4.53. The predicted molar refractivity (Wildman–Crippen MR) is 113 cm³/mol. The van der Waals surface area contributed by atoms with Crippen LogP contribution in [-0.2, 0) is 24.5 Å². The molecule has 0 fully saturated rings. The Bertz CT molecular complexity index is 1010. The summed E-state index contributed by atoms with van der Waals surface area (Å²) in [5.41, 5.74) is 2.36. The van der Waals surface area contributed by atoms with Crippen molar-refractivity contribution in [1.29, 1.82) is 0 Å². The van der Waals surface area contributed by atoms with Gasteiger partial charge in [-0.15, -0.1) is 11.3 Å². The first-order valence-electron chi connectivity index (χ1n) is 8.59. The van der Waals surface area contributed by atoms with E-state index in [4.69, 9.17) is 21.7 Å². The van der Waals surface area contributed by atoms with E-state index < -0.39 is 17.9 Å². The molecule has 1 aromatic heterocycles. The molecule has 2 heterocycles. The number of fused-ring (bicyclic) bond motifs is 1. The molecule has 0 saturated heterocycles. The Hall–Kier alpha value is -1.90. The average molecular weight is 436 g/mol. The first kappa shape index (κ1) is 20.8. The molecule has 0 radical (unpaired) electrons. The van der Waals surface area contributed by atoms with Gasteiger partial charge in [-0.2, -0.15) is 0 Å². The summed E-state index contributed by atoms with van der Waals surface area (Å²) in [4.78, 5) is 29.4. The maximum Gasteiger partial charge on any atom is 0.345 e. The molecule has 3 rings (SSSR count). The largest absolute Gasteiger partial charge is 0.466 e. The molecule has 2 aromatic rings. The van der Waals surface area contributed by atoms with Gasteiger partial charge in [-0.05, 0) is 28.8 Å². The Balaban J connectivity index is 2.23. The van der Waals surface area contributed by atoms with Crippen LogP contribution < -0.4 is 0 Å². The summed E-state index contributed by atoms with van der Waals surface area (Å²) in [6.07, 6.45) is 0. The van der Waals surface area contributed by atoms with E-state index in [1.807, 2.05) is 12.1 Å². The zero-order valence-electron chi connectivity index (χ0n) is 16.2. The van der Waals surface area contributed by atoms with Gasteiger partial charge in [-0.3, -0.25) is 0 Å². The molecule has 1 N–H and O–H groups in total. The number of benzene rings is 1. The van der Waals surface area contributed by atoms with Crippen molar-refractivity contribution in [1.82, 2.24) is 4.98 Å². The number of esters is 2. The minimum absolute atomic E-state index is 0.00873. The number of aromatic amines is 1. The van der Waals surface area contributed by atoms with E-state index in [1.54, 1.807) is 0 Å². The minimum atomic E-state index is -0.571. The summed E-state index contributed by atoms with van der Waals surface area (Å²) in [5.74, 6) is -1.58. The standard InChI is InChI=1S/C20H21NO4S3/c1-20(2,3)11-8-6-10(7-9-11)12-13(17(22)24-4)15(18(23)25-5)27-16-14(12)28-19(26)21-16/h6-9,12H,1-5H3,(H,21,26). The SMILES string of the molecule is COC(=O)C1=C(C(=O)OC)C(c2ccc(C(C)(C)C)cc2)c2sc(=S)[nH]c2S1. The number of nitrogens with one attached hydrogen (secondary N) is 1. The summed E-state index contributed by atoms with van der Waals surface area (Å²) >= 11 is 7.88. The molecule has 5 nitrogen and oxygen atoms in total. The number of thioether (sulfide) groups is 1. The van der Waals surface area contributed by atoms with Crippen molar-refractivity contribution in [2.45, 2.75) is 37.1 Å². The summed E-state index contributed by atoms with van der Waals surface area (Å²) in [5, 5.41) is 0.757. The number of aromatic nitrogens is 1. The van der Waals surface area contributed by atoms with Crippen LogP contribution >= 0.6 is 35.3 Å². The van der Waals surface area contributed by atoms with E-state index in [-0.39, 0.29) is 15.9 Å². The minimum Gasteiger partial charge on any atom is -0.466 e. The zero-order valence-corrected chi connectivity index (χ0v) is 18.7. The first-order valence-corrected chi connectivity index (χ1v) is 10.6. The van der Waals surface area contributed by atoms with Gasteiger partial charge in [0.15, 0.2) is 3.95 Å². The lowest BCUT2D eigenvalue weighted by molar-refractivity contribution is -0.139. The second-order valence-electron chi connectivity index (χ2n) is 7.34. The number of hydrogen-bond donors (Lipinski definition) is 1. The van der Waals surface area contributed by atoms with Crippen LogP contribution in [0.5, 0.6) is 0 Å². The second-order valence-corrected chi connectivity index (χ2v) is 10.1. The quantitative estimate of drug-likeness (QED) is 0.544. The molecule has 28 heavy (non-hydrogen) atoms. The molecule has 148 valence electrons. The van der Waals surface area contributed by atoms with E-state index in [2.05, 4.69) is 37.9 Å². The van der Waals surface area contributed by atoms with E-state index in [1.165, 1.54) is 31.1 Å². The highest BCUT2D eigenvalue weighted by Gasteiger charge is 2.39. The van der Waals surface area contributed by atoms with E-state index in [0.717, 1.165) is 27.2 Å². The molecule has 0 bridgehead atoms. The molecule has 1 unspecified atom stereocenters. The molecule has 8 heteroatoms. The van der Waals surface area contributed by atoms with Crippen LogP contribution in [0.3, 0.4) is 0 Å². The monoisotopic (exact) mass is 435 g/mol. The van der Waals surface area contributed by atoms with Gasteiger partial charge in [0.25, 0.3) is 0 Å². The maximum atomic E-state index is 12.7. The molecule has 0 amide bonds. The molecule has 0 aliphatic carbocycles. The van der Waals surface area contributed by atoms with Gasteiger partial charge in [-0.25, -0.2) is 9.59 Å². The van der Waals surface area contributed by atoms with E-state index in [9.17, 15) is 9.59 Å². The lowest BCUT2D eigenvalue weighted by Gasteiger charge is -2.26. The number of ether oxygens (including phenoxy) is 2. The van der Waals surface area contributed by atoms with E-state index in [0.29, 0.717) is 3.95 Å². The van der Waals surface area contributed by atoms with Crippen molar-refractivity contribution < 1.29 is 19.1 Å². The fourth-order valence-electron chi connectivity index (χ4n) is 3.07. The van der Waals surface area contributed by atoms with Crippen molar-refractivity contribution in [2.24, 2.45) is 0 Å². The highest BCUT2D eigenvalue weighted by Crippen LogP contribution is 2.50. The number of carbonyl (C=O) groups excluding carboxylic acids is 2. The van der Waals surface area contributed by atoms with Gasteiger partial charge in [0.1, 0.15) is 4.91 Å². The highest BCUT2D eigenvalue weighted by atomic mass is 32.2. The number of thiazole rings is 1. The number of carbonyl (C=O) groups is 2. The second kappa shape index (κ2) is 7.85. The van der Waals surface area contributed by atoms with Crippen LogP contribution in [0, 0.1) is 3.95 Å². The Morgan fingerprint density at radius 3 is 2.21 bits per heavy atom. The van der Waals surface area contributed by atoms with Crippen LogP contribution in [0.2, 0.25) is 0 Å². The summed E-state index contributed by atoms with van der Waals surface area (Å²) < 4.78 is 10.5. The van der Waals surface area contributed by atoms with Gasteiger partial charge < -0.3 is 14.5 Å². The van der Waals surface area contributed by atoms with Crippen LogP contribution in [-0.4, -0.2) is 31.1 Å². The molecule has 0 spiro atoms. The van der Waals surface area contributed by atoms with Gasteiger partial charge in [0.2, 0.25) is 0 Å². The lowest BCUT2D eigenvalue weighted by Crippen LogP contribution is -2.22. The third-order valence-corrected chi connectivity index (χ3v) is 7.07. The molecule has 1 aromatic carbocycles. The molecule has 0 saturated carbocycles. The summed E-state index contributed by atoms with van der Waals surface area (Å²) in [6, 6.07) is 8.09. The lowest BCUT2D eigenvalue weighted by atomic mass is 9.83. The van der Waals surface area contributed by atoms with Crippen molar-refractivity contribution in [3.05, 3.63) is 54.7 Å². The van der Waals surface area contributed by atoms with Crippen LogP contribution in [0.15, 0.2) is 39.8 Å². The summed E-state index contributed by atoms with van der Waals surface area (Å²) in [7, 11) is 2.60. The van der Waals surface area contributed by atoms with Crippen LogP contribution in [0.1, 0.15) is 42.7 Å². The Morgan fingerprint density at radius 1 is 1.07 bits per heavy atom. The Labute approximate surface area is 177 Å². The first-order chi connectivity index (χ1) is 13.2. The normalized spacial score (nSPS) is 16.5. The number of hydrogen-bond acceptors (Lipinski definition) is 7. The van der Waals surface area contributed by atoms with Crippen molar-refractivity contribution in [2.75, 3.05) is 14.2 Å². The van der Waals surface area contributed by atoms with Crippen molar-refractivity contribution in [3.8, 4) is 0 Å². The fourth-order valence-corrected chi connectivity index (χ4v) is 5.74. The third kappa shape index (κ3) is 3.81. The number of H-pyrrole nitrogens is 1. The molecular weight excluding hydrogens is 414 g/mol. The zero-order chi connectivity index (χ0) is 20.6. The Morgan fingerprint density at radius 2 is 1.68 bits per heavy atom. The number of rotatable bonds is 3. The van der Waals surface area contributed by atoms with Crippen molar-refractivity contribution in [3.63, 3.8) is 0 Å². The Kier molecular flexibility index (Phi) is 5.84. The molecule has 1 atom stereocenters.